The van der Waals surface area contributed by atoms with E-state index in [1.807, 2.05) is 34.6 Å². The van der Waals surface area contributed by atoms with E-state index in [2.05, 4.69) is 10.2 Å². The smallest absolute Gasteiger partial charge is 0.242 e. The molecular formula is C23H32ClN5O5. The molecule has 0 saturated heterocycles. The third kappa shape index (κ3) is 5.51. The predicted octanol–water partition coefficient (Wildman–Crippen LogP) is 2.70. The third-order valence-electron chi connectivity index (χ3n) is 5.08. The van der Waals surface area contributed by atoms with Crippen molar-refractivity contribution in [1.29, 1.82) is 5.41 Å². The second-order valence-electron chi connectivity index (χ2n) is 8.62. The molecule has 2 heterocycles. The number of aryl methyl sites for hydroxylation is 1. The van der Waals surface area contributed by atoms with E-state index in [1.165, 1.54) is 9.20 Å². The van der Waals surface area contributed by atoms with E-state index in [4.69, 9.17) is 19.6 Å². The summed E-state index contributed by atoms with van der Waals surface area (Å²) < 4.78 is 19.4. The molecule has 0 amide bonds. The van der Waals surface area contributed by atoms with Crippen LogP contribution in [0.4, 0.5) is 0 Å². The second-order valence-corrected chi connectivity index (χ2v) is 8.62. The van der Waals surface area contributed by atoms with Crippen LogP contribution in [0.25, 0.3) is 5.65 Å². The van der Waals surface area contributed by atoms with Crippen LogP contribution in [0.2, 0.25) is 0 Å². The number of hydrogen-bond acceptors (Lipinski definition) is 8. The van der Waals surface area contributed by atoms with Crippen LogP contribution in [0.5, 0.6) is 17.4 Å². The van der Waals surface area contributed by atoms with Gasteiger partial charge in [0.05, 0.1) is 20.3 Å². The van der Waals surface area contributed by atoms with Crippen molar-refractivity contribution in [3.63, 3.8) is 0 Å². The van der Waals surface area contributed by atoms with Gasteiger partial charge in [0, 0.05) is 22.8 Å². The minimum Gasteiger partial charge on any atom is -0.493 e. The van der Waals surface area contributed by atoms with Crippen molar-refractivity contribution < 1.29 is 24.1 Å². The van der Waals surface area contributed by atoms with Gasteiger partial charge in [0.25, 0.3) is 0 Å². The average molecular weight is 494 g/mol. The minimum absolute atomic E-state index is 0. The lowest BCUT2D eigenvalue weighted by molar-refractivity contribution is 0.0964. The summed E-state index contributed by atoms with van der Waals surface area (Å²) in [5.41, 5.74) is 2.10. The molecule has 0 atom stereocenters. The largest absolute Gasteiger partial charge is 0.493 e. The zero-order valence-electron chi connectivity index (χ0n) is 20.3. The molecule has 2 aromatic heterocycles. The number of carbonyl (C=O) groups is 1. The average Bonchev–Trinajstić information content (AvgIpc) is 3.07. The minimum atomic E-state index is -0.327. The number of ether oxygens (including phenoxy) is 3. The number of aliphatic hydroxyl groups is 1. The number of aliphatic hydroxyl groups excluding tert-OH is 1. The lowest BCUT2D eigenvalue weighted by Gasteiger charge is -2.25. The van der Waals surface area contributed by atoms with Gasteiger partial charge in [-0.1, -0.05) is 20.8 Å². The van der Waals surface area contributed by atoms with Crippen molar-refractivity contribution in [2.24, 2.45) is 0 Å². The zero-order chi connectivity index (χ0) is 24.3. The highest BCUT2D eigenvalue weighted by Crippen LogP contribution is 2.39. The Bertz CT molecular complexity index is 1230. The summed E-state index contributed by atoms with van der Waals surface area (Å²) in [5.74, 6) is 1.05. The highest BCUT2D eigenvalue weighted by Gasteiger charge is 2.25. The maximum Gasteiger partial charge on any atom is 0.242 e. The fourth-order valence-electron chi connectivity index (χ4n) is 3.48. The van der Waals surface area contributed by atoms with Crippen LogP contribution in [0.3, 0.4) is 0 Å². The first kappa shape index (κ1) is 27.1. The summed E-state index contributed by atoms with van der Waals surface area (Å²) >= 11 is 0. The molecule has 0 bridgehead atoms. The fraction of sp³-hybridized carbons (Fsp3) is 0.478. The Hall–Kier alpha value is -3.11. The summed E-state index contributed by atoms with van der Waals surface area (Å²) in [6.45, 7) is 9.95. The van der Waals surface area contributed by atoms with Crippen molar-refractivity contribution in [1.82, 2.24) is 19.4 Å². The normalized spacial score (nSPS) is 11.3. The predicted molar refractivity (Wildman–Crippen MR) is 129 cm³/mol. The molecule has 3 aromatic rings. The summed E-state index contributed by atoms with van der Waals surface area (Å²) in [6.07, 6.45) is 0. The third-order valence-corrected chi connectivity index (χ3v) is 5.08. The van der Waals surface area contributed by atoms with Crippen LogP contribution in [-0.2, 0) is 12.0 Å². The van der Waals surface area contributed by atoms with Gasteiger partial charge in [0.15, 0.2) is 22.9 Å². The molecule has 0 fully saturated rings. The van der Waals surface area contributed by atoms with Gasteiger partial charge in [-0.15, -0.1) is 22.6 Å². The molecule has 1 aromatic carbocycles. The summed E-state index contributed by atoms with van der Waals surface area (Å²) in [7, 11) is 1.54. The van der Waals surface area contributed by atoms with Crippen molar-refractivity contribution in [2.45, 2.75) is 46.6 Å². The number of fused-ring (bicyclic) bond motifs is 1. The Kier molecular flexibility index (Phi) is 8.68. The van der Waals surface area contributed by atoms with Gasteiger partial charge >= 0.3 is 0 Å². The zero-order valence-corrected chi connectivity index (χ0v) is 21.2. The summed E-state index contributed by atoms with van der Waals surface area (Å²) in [6, 6.07) is 5.13. The lowest BCUT2D eigenvalue weighted by Crippen LogP contribution is -2.26. The molecule has 3 rings (SSSR count). The van der Waals surface area contributed by atoms with E-state index < -0.39 is 0 Å². The molecule has 0 radical (unpaired) electrons. The first-order valence-electron chi connectivity index (χ1n) is 10.7. The molecule has 0 aliphatic heterocycles. The Morgan fingerprint density at radius 3 is 2.47 bits per heavy atom. The number of rotatable bonds is 9. The highest BCUT2D eigenvalue weighted by atomic mass is 35.5. The number of hydrogen-bond donors (Lipinski definition) is 2. The van der Waals surface area contributed by atoms with E-state index in [1.54, 1.807) is 25.3 Å². The van der Waals surface area contributed by atoms with E-state index in [-0.39, 0.29) is 49.0 Å². The van der Waals surface area contributed by atoms with Crippen molar-refractivity contribution >= 4 is 23.8 Å². The molecule has 0 aliphatic rings. The van der Waals surface area contributed by atoms with Crippen molar-refractivity contribution in [2.75, 3.05) is 26.9 Å². The molecule has 10 nitrogen and oxygen atoms in total. The van der Waals surface area contributed by atoms with E-state index in [9.17, 15) is 9.90 Å². The monoisotopic (exact) mass is 493 g/mol. The number of halogens is 1. The fourth-order valence-corrected chi connectivity index (χ4v) is 3.48. The standard InChI is InChI=1S/C23H31N5O5.ClH/c1-7-32-19-10-14(2)21-26-27(22(24)28(21)25-19)13-17(30)15-11-16(23(3,4)5)20(31-6)18(12-15)33-9-8-29;/h10-12,24,29H,7-9,13H2,1-6H3;1H. The number of ketones is 1. The van der Waals surface area contributed by atoms with Crippen LogP contribution in [-0.4, -0.2) is 57.2 Å². The number of Topliss-reactive ketones (excluding diaryl/α,β-unsaturated/α-hetero) is 1. The van der Waals surface area contributed by atoms with Crippen LogP contribution < -0.4 is 19.8 Å². The number of carbonyl (C=O) groups excluding carboxylic acids is 1. The van der Waals surface area contributed by atoms with E-state index in [0.717, 1.165) is 11.1 Å². The molecular weight excluding hydrogens is 462 g/mol. The molecule has 0 saturated carbocycles. The molecule has 11 heteroatoms. The van der Waals surface area contributed by atoms with Crippen molar-refractivity contribution in [3.8, 4) is 17.4 Å². The molecule has 34 heavy (non-hydrogen) atoms. The Morgan fingerprint density at radius 2 is 1.88 bits per heavy atom. The van der Waals surface area contributed by atoms with Crippen molar-refractivity contribution in [3.05, 3.63) is 40.5 Å². The number of nitrogens with zero attached hydrogens (tertiary/aromatic N) is 4. The number of aromatic nitrogens is 4. The van der Waals surface area contributed by atoms with Gasteiger partial charge in [-0.25, -0.2) is 4.68 Å². The van der Waals surface area contributed by atoms with Crippen LogP contribution >= 0.6 is 12.4 Å². The maximum absolute atomic E-state index is 13.3. The quantitative estimate of drug-likeness (QED) is 0.439. The Balaban J connectivity index is 0.00000408. The van der Waals surface area contributed by atoms with E-state index in [0.29, 0.717) is 35.2 Å². The molecule has 0 unspecified atom stereocenters. The highest BCUT2D eigenvalue weighted by molar-refractivity contribution is 5.97. The Labute approximate surface area is 204 Å². The van der Waals surface area contributed by atoms with Gasteiger partial charge in [0.2, 0.25) is 11.5 Å². The second kappa shape index (κ2) is 10.9. The molecule has 186 valence electrons. The first-order valence-corrected chi connectivity index (χ1v) is 10.7. The summed E-state index contributed by atoms with van der Waals surface area (Å²) in [5, 5.41) is 26.4. The van der Waals surface area contributed by atoms with Crippen LogP contribution in [0.15, 0.2) is 18.2 Å². The maximum atomic E-state index is 13.3. The van der Waals surface area contributed by atoms with Crippen LogP contribution in [0, 0.1) is 12.3 Å². The SMILES string of the molecule is CCOc1cc(C)c2nn(CC(=O)c3cc(OCCO)c(OC)c(C(C)(C)C)c3)c(=N)n2n1.Cl. The van der Waals surface area contributed by atoms with Gasteiger partial charge in [0.1, 0.15) is 13.2 Å². The molecule has 0 aliphatic carbocycles. The first-order chi connectivity index (χ1) is 15.6. The van der Waals surface area contributed by atoms with Gasteiger partial charge < -0.3 is 19.3 Å². The number of benzene rings is 1. The summed E-state index contributed by atoms with van der Waals surface area (Å²) in [4.78, 5) is 13.3. The topological polar surface area (TPSA) is 124 Å². The van der Waals surface area contributed by atoms with E-state index >= 15 is 0 Å². The Morgan fingerprint density at radius 1 is 1.18 bits per heavy atom. The van der Waals surface area contributed by atoms with Gasteiger partial charge in [-0.05, 0) is 31.4 Å². The molecule has 0 spiro atoms. The molecule has 2 N–H and O–H groups in total. The van der Waals surface area contributed by atoms with Gasteiger partial charge in [-0.3, -0.25) is 10.2 Å². The number of methoxy groups -OCH3 is 1. The lowest BCUT2D eigenvalue weighted by atomic mass is 9.84. The van der Waals surface area contributed by atoms with Gasteiger partial charge in [-0.2, -0.15) is 4.52 Å². The number of nitrogens with one attached hydrogen (secondary N) is 1. The van der Waals surface area contributed by atoms with Crippen LogP contribution in [0.1, 0.15) is 49.2 Å².